The molecule has 0 aromatic heterocycles. The molecule has 0 heterocycles. The largest absolute Gasteiger partial charge is 0.465 e. The van der Waals surface area contributed by atoms with Gasteiger partial charge in [0.1, 0.15) is 5.02 Å². The molecule has 1 aromatic carbocycles. The van der Waals surface area contributed by atoms with Gasteiger partial charge in [-0.15, -0.1) is 0 Å². The molecule has 0 aliphatic rings. The number of hydrogen-bond acceptors (Lipinski definition) is 4. The molecule has 0 spiro atoms. The molecule has 0 saturated heterocycles. The zero-order valence-corrected chi connectivity index (χ0v) is 22.9. The lowest BCUT2D eigenvalue weighted by molar-refractivity contribution is -0.168. The molecule has 0 saturated carbocycles. The summed E-state index contributed by atoms with van der Waals surface area (Å²) in [6.45, 7) is 6.15. The first kappa shape index (κ1) is 30.8. The molecule has 4 nitrogen and oxygen atoms in total. The zero-order valence-electron chi connectivity index (χ0n) is 21.4. The average molecular weight is 516 g/mol. The number of ether oxygens (including phenoxy) is 2. The molecule has 0 bridgehead atoms. The summed E-state index contributed by atoms with van der Waals surface area (Å²) in [5, 5.41) is 0.439. The lowest BCUT2D eigenvalue weighted by Crippen LogP contribution is -2.42. The van der Waals surface area contributed by atoms with Crippen LogP contribution in [0, 0.1) is 5.41 Å². The fourth-order valence-corrected chi connectivity index (χ4v) is 4.42. The molecule has 1 aromatic rings. The lowest BCUT2D eigenvalue weighted by atomic mass is 9.82. The molecule has 0 unspecified atom stereocenters. The second-order valence-corrected chi connectivity index (χ2v) is 9.89. The maximum atomic E-state index is 12.9. The molecule has 6 heteroatoms. The van der Waals surface area contributed by atoms with Crippen LogP contribution < -0.4 is 4.74 Å². The predicted molar refractivity (Wildman–Crippen MR) is 142 cm³/mol. The van der Waals surface area contributed by atoms with Gasteiger partial charge in [0.25, 0.3) is 0 Å². The summed E-state index contributed by atoms with van der Waals surface area (Å²) in [7, 11) is 0. The summed E-state index contributed by atoms with van der Waals surface area (Å²) in [5.41, 5.74) is -1.35. The Morgan fingerprint density at radius 3 is 1.74 bits per heavy atom. The van der Waals surface area contributed by atoms with Crippen molar-refractivity contribution in [3.05, 3.63) is 28.2 Å². The van der Waals surface area contributed by atoms with Gasteiger partial charge in [0.2, 0.25) is 0 Å². The van der Waals surface area contributed by atoms with Gasteiger partial charge in [0.05, 0.1) is 11.6 Å². The highest BCUT2D eigenvalue weighted by Crippen LogP contribution is 2.35. The molecule has 34 heavy (non-hydrogen) atoms. The molecule has 0 amide bonds. The highest BCUT2D eigenvalue weighted by Gasteiger charge is 2.46. The summed E-state index contributed by atoms with van der Waals surface area (Å²) < 4.78 is 11.0. The van der Waals surface area contributed by atoms with E-state index in [1.807, 2.05) is 0 Å². The first-order valence-electron chi connectivity index (χ1n) is 13.3. The Labute approximate surface area is 217 Å². The normalized spacial score (nSPS) is 11.4. The predicted octanol–water partition coefficient (Wildman–Crippen LogP) is 9.34. The summed E-state index contributed by atoms with van der Waals surface area (Å²) >= 11 is 12.1. The van der Waals surface area contributed by atoms with Crippen LogP contribution in [0.25, 0.3) is 0 Å². The van der Waals surface area contributed by atoms with Crippen LogP contribution in [0.4, 0.5) is 0 Å². The van der Waals surface area contributed by atoms with Crippen molar-refractivity contribution in [2.75, 3.05) is 6.61 Å². The van der Waals surface area contributed by atoms with Gasteiger partial charge in [-0.1, -0.05) is 127 Å². The molecule has 0 aliphatic carbocycles. The molecular weight excluding hydrogens is 471 g/mol. The van der Waals surface area contributed by atoms with Gasteiger partial charge in [0, 0.05) is 0 Å². The van der Waals surface area contributed by atoms with E-state index in [1.54, 1.807) is 32.0 Å². The van der Waals surface area contributed by atoms with E-state index in [9.17, 15) is 9.59 Å². The summed E-state index contributed by atoms with van der Waals surface area (Å²) in [6, 6.07) is 4.81. The zero-order chi connectivity index (χ0) is 25.2. The standard InChI is InChI=1S/C28H44Cl2O4/c1-4-7-8-9-10-11-12-13-14-15-16-17-18-22-33-26(31)28(5-2,6-3)27(32)34-24-21-19-20-23(29)25(24)30/h19-21H,4-18,22H2,1-3H3. The lowest BCUT2D eigenvalue weighted by Gasteiger charge is -2.27. The van der Waals surface area contributed by atoms with Crippen molar-refractivity contribution < 1.29 is 19.1 Å². The number of esters is 2. The second kappa shape index (κ2) is 18.1. The van der Waals surface area contributed by atoms with Crippen LogP contribution in [-0.2, 0) is 14.3 Å². The van der Waals surface area contributed by atoms with E-state index < -0.39 is 17.4 Å². The number of unbranched alkanes of at least 4 members (excludes halogenated alkanes) is 12. The number of rotatable bonds is 19. The van der Waals surface area contributed by atoms with E-state index in [0.29, 0.717) is 6.61 Å². The number of hydrogen-bond donors (Lipinski definition) is 0. The molecule has 0 aliphatic heterocycles. The quantitative estimate of drug-likeness (QED) is 0.0797. The molecule has 1 rings (SSSR count). The highest BCUT2D eigenvalue weighted by molar-refractivity contribution is 6.43. The Bertz CT molecular complexity index is 716. The third-order valence-corrected chi connectivity index (χ3v) is 7.39. The summed E-state index contributed by atoms with van der Waals surface area (Å²) in [5.74, 6) is -1.04. The van der Waals surface area contributed by atoms with Crippen LogP contribution in [0.1, 0.15) is 117 Å². The Hall–Kier alpha value is -1.26. The first-order valence-corrected chi connectivity index (χ1v) is 14.0. The molecule has 0 atom stereocenters. The summed E-state index contributed by atoms with van der Waals surface area (Å²) in [4.78, 5) is 25.8. The van der Waals surface area contributed by atoms with Crippen molar-refractivity contribution in [3.63, 3.8) is 0 Å². The molecule has 0 radical (unpaired) electrons. The van der Waals surface area contributed by atoms with Gasteiger partial charge in [0.15, 0.2) is 11.2 Å². The maximum Gasteiger partial charge on any atom is 0.328 e. The third kappa shape index (κ3) is 10.6. The van der Waals surface area contributed by atoms with Crippen LogP contribution in [0.2, 0.25) is 10.0 Å². The fourth-order valence-electron chi connectivity index (χ4n) is 4.09. The minimum Gasteiger partial charge on any atom is -0.465 e. The van der Waals surface area contributed by atoms with Crippen LogP contribution in [0.3, 0.4) is 0 Å². The molecule has 0 fully saturated rings. The molecule has 194 valence electrons. The average Bonchev–Trinajstić information content (AvgIpc) is 2.83. The number of carbonyl (C=O) groups is 2. The monoisotopic (exact) mass is 514 g/mol. The van der Waals surface area contributed by atoms with Crippen LogP contribution in [0.5, 0.6) is 5.75 Å². The minimum atomic E-state index is -1.35. The van der Waals surface area contributed by atoms with Crippen molar-refractivity contribution in [2.24, 2.45) is 5.41 Å². The maximum absolute atomic E-state index is 12.9. The molecular formula is C28H44Cl2O4. The van der Waals surface area contributed by atoms with Crippen molar-refractivity contribution in [1.82, 2.24) is 0 Å². The van der Waals surface area contributed by atoms with Crippen molar-refractivity contribution in [3.8, 4) is 5.75 Å². The van der Waals surface area contributed by atoms with Gasteiger partial charge >= 0.3 is 11.9 Å². The minimum absolute atomic E-state index is 0.148. The smallest absolute Gasteiger partial charge is 0.328 e. The fraction of sp³-hybridized carbons (Fsp3) is 0.714. The Kier molecular flexibility index (Phi) is 16.4. The van der Waals surface area contributed by atoms with E-state index in [4.69, 9.17) is 32.7 Å². The Balaban J connectivity index is 2.28. The number of carbonyl (C=O) groups excluding carboxylic acids is 2. The van der Waals surface area contributed by atoms with Gasteiger partial charge in [-0.05, 0) is 31.4 Å². The van der Waals surface area contributed by atoms with Gasteiger partial charge < -0.3 is 9.47 Å². The highest BCUT2D eigenvalue weighted by atomic mass is 35.5. The van der Waals surface area contributed by atoms with E-state index in [-0.39, 0.29) is 28.6 Å². The van der Waals surface area contributed by atoms with E-state index >= 15 is 0 Å². The SMILES string of the molecule is CCCCCCCCCCCCCCCOC(=O)C(CC)(CC)C(=O)Oc1cccc(Cl)c1Cl. The first-order chi connectivity index (χ1) is 16.4. The Morgan fingerprint density at radius 2 is 1.24 bits per heavy atom. The molecule has 0 N–H and O–H groups in total. The van der Waals surface area contributed by atoms with E-state index in [0.717, 1.165) is 19.3 Å². The second-order valence-electron chi connectivity index (χ2n) is 9.11. The van der Waals surface area contributed by atoms with Crippen molar-refractivity contribution in [1.29, 1.82) is 0 Å². The van der Waals surface area contributed by atoms with Gasteiger partial charge in [-0.2, -0.15) is 0 Å². The van der Waals surface area contributed by atoms with Crippen LogP contribution in [-0.4, -0.2) is 18.5 Å². The van der Waals surface area contributed by atoms with Crippen LogP contribution >= 0.6 is 23.2 Å². The van der Waals surface area contributed by atoms with Crippen LogP contribution in [0.15, 0.2) is 18.2 Å². The van der Waals surface area contributed by atoms with E-state index in [1.165, 1.54) is 64.2 Å². The van der Waals surface area contributed by atoms with Gasteiger partial charge in [-0.25, -0.2) is 0 Å². The topological polar surface area (TPSA) is 52.6 Å². The van der Waals surface area contributed by atoms with Crippen molar-refractivity contribution in [2.45, 2.75) is 117 Å². The number of halogens is 2. The third-order valence-electron chi connectivity index (χ3n) is 6.59. The number of benzene rings is 1. The van der Waals surface area contributed by atoms with E-state index in [2.05, 4.69) is 6.92 Å². The van der Waals surface area contributed by atoms with Gasteiger partial charge in [-0.3, -0.25) is 9.59 Å². The van der Waals surface area contributed by atoms with Crippen molar-refractivity contribution >= 4 is 35.1 Å². The Morgan fingerprint density at radius 1 is 0.735 bits per heavy atom. The summed E-state index contributed by atoms with van der Waals surface area (Å²) in [6.07, 6.45) is 16.9.